The smallest absolute Gasteiger partial charge is 0.309 e. The van der Waals surface area contributed by atoms with Gasteiger partial charge in [0.2, 0.25) is 0 Å². The Labute approximate surface area is 142 Å². The first-order valence-corrected chi connectivity index (χ1v) is 9.17. The van der Waals surface area contributed by atoms with Gasteiger partial charge in [0.15, 0.2) is 0 Å². The molecule has 1 aromatic rings. The molecule has 0 bridgehead atoms. The molecule has 0 radical (unpaired) electrons. The number of nitrogens with zero attached hydrogens (tertiary/aromatic N) is 1. The largest absolute Gasteiger partial charge is 0.506 e. The van der Waals surface area contributed by atoms with Gasteiger partial charge in [0.25, 0.3) is 0 Å². The van der Waals surface area contributed by atoms with E-state index in [-0.39, 0.29) is 23.7 Å². The van der Waals surface area contributed by atoms with Crippen LogP contribution in [-0.4, -0.2) is 22.2 Å². The molecule has 2 aliphatic carbocycles. The lowest BCUT2D eigenvalue weighted by atomic mass is 9.57. The first-order valence-electron chi connectivity index (χ1n) is 9.17. The highest BCUT2D eigenvalue weighted by atomic mass is 16.6. The number of ether oxygens (including phenoxy) is 1. The number of cyclic esters (lactones) is 1. The summed E-state index contributed by atoms with van der Waals surface area (Å²) in [6.45, 7) is 2.05. The molecule has 0 spiro atoms. The molecule has 1 aromatic heterocycles. The molecule has 1 aliphatic heterocycles. The highest BCUT2D eigenvalue weighted by Crippen LogP contribution is 2.53. The zero-order valence-electron chi connectivity index (χ0n) is 14.1. The SMILES string of the molecule is C[C@@H]1OC(=O)[C@H]2C[C@H]3CCCC[C@@H]3[C@@H](/C=C/c3ccc(O)cn3)[C@@H]12. The van der Waals surface area contributed by atoms with Crippen LogP contribution in [0.15, 0.2) is 24.4 Å². The molecule has 1 saturated heterocycles. The number of aromatic hydroxyl groups is 1. The number of aromatic nitrogens is 1. The number of rotatable bonds is 2. The fourth-order valence-electron chi connectivity index (χ4n) is 5.29. The van der Waals surface area contributed by atoms with Crippen LogP contribution in [0.1, 0.15) is 44.7 Å². The summed E-state index contributed by atoms with van der Waals surface area (Å²) in [6, 6.07) is 3.48. The predicted octanol–water partition coefficient (Wildman–Crippen LogP) is 3.80. The normalized spacial score (nSPS) is 38.6. The molecule has 0 unspecified atom stereocenters. The fourth-order valence-corrected chi connectivity index (χ4v) is 5.29. The minimum absolute atomic E-state index is 0.00723. The van der Waals surface area contributed by atoms with Crippen LogP contribution in [0.5, 0.6) is 5.75 Å². The van der Waals surface area contributed by atoms with Crippen LogP contribution in [0.25, 0.3) is 6.08 Å². The molecule has 3 fully saturated rings. The Morgan fingerprint density at radius 2 is 2.12 bits per heavy atom. The molecule has 0 amide bonds. The maximum absolute atomic E-state index is 12.3. The Bertz CT molecular complexity index is 639. The number of hydrogen-bond donors (Lipinski definition) is 1. The van der Waals surface area contributed by atoms with Crippen molar-refractivity contribution in [3.05, 3.63) is 30.1 Å². The van der Waals surface area contributed by atoms with Crippen LogP contribution in [0.4, 0.5) is 0 Å². The van der Waals surface area contributed by atoms with Gasteiger partial charge in [0.1, 0.15) is 11.9 Å². The summed E-state index contributed by atoms with van der Waals surface area (Å²) < 4.78 is 5.59. The van der Waals surface area contributed by atoms with E-state index in [2.05, 4.69) is 11.1 Å². The molecule has 4 rings (SSSR count). The van der Waals surface area contributed by atoms with Gasteiger partial charge >= 0.3 is 5.97 Å². The van der Waals surface area contributed by atoms with Crippen molar-refractivity contribution >= 4 is 12.0 Å². The van der Waals surface area contributed by atoms with Gasteiger partial charge in [-0.05, 0) is 55.7 Å². The van der Waals surface area contributed by atoms with Crippen molar-refractivity contribution in [2.45, 2.75) is 45.1 Å². The summed E-state index contributed by atoms with van der Waals surface area (Å²) in [6.07, 6.45) is 11.9. The van der Waals surface area contributed by atoms with Crippen LogP contribution in [0.2, 0.25) is 0 Å². The minimum atomic E-state index is 0.00723. The van der Waals surface area contributed by atoms with Gasteiger partial charge < -0.3 is 9.84 Å². The number of allylic oxidation sites excluding steroid dienone is 1. The molecular formula is C20H25NO3. The van der Waals surface area contributed by atoms with Gasteiger partial charge in [-0.1, -0.05) is 25.3 Å². The molecule has 1 N–H and O–H groups in total. The molecular weight excluding hydrogens is 302 g/mol. The molecule has 0 aromatic carbocycles. The summed E-state index contributed by atoms with van der Waals surface area (Å²) in [7, 11) is 0. The molecule has 24 heavy (non-hydrogen) atoms. The molecule has 4 heteroatoms. The van der Waals surface area contributed by atoms with E-state index in [0.29, 0.717) is 23.7 Å². The first-order chi connectivity index (χ1) is 11.6. The number of pyridine rings is 1. The molecule has 3 aliphatic rings. The third kappa shape index (κ3) is 2.72. The van der Waals surface area contributed by atoms with Gasteiger partial charge in [-0.15, -0.1) is 0 Å². The fraction of sp³-hybridized carbons (Fsp3) is 0.600. The second-order valence-corrected chi connectivity index (χ2v) is 7.65. The summed E-state index contributed by atoms with van der Waals surface area (Å²) >= 11 is 0. The van der Waals surface area contributed by atoms with E-state index in [9.17, 15) is 9.90 Å². The number of carbonyl (C=O) groups is 1. The zero-order chi connectivity index (χ0) is 16.7. The average Bonchev–Trinajstić information content (AvgIpc) is 2.87. The third-order valence-electron chi connectivity index (χ3n) is 6.33. The lowest BCUT2D eigenvalue weighted by Crippen LogP contribution is -2.42. The monoisotopic (exact) mass is 327 g/mol. The Kier molecular flexibility index (Phi) is 4.07. The van der Waals surface area contributed by atoms with Crippen molar-refractivity contribution < 1.29 is 14.6 Å². The van der Waals surface area contributed by atoms with Gasteiger partial charge in [-0.3, -0.25) is 9.78 Å². The molecule has 2 heterocycles. The molecule has 2 saturated carbocycles. The first kappa shape index (κ1) is 15.7. The van der Waals surface area contributed by atoms with E-state index in [1.807, 2.05) is 19.1 Å². The van der Waals surface area contributed by atoms with Crippen LogP contribution < -0.4 is 0 Å². The van der Waals surface area contributed by atoms with Crippen molar-refractivity contribution in [3.8, 4) is 5.75 Å². The Hall–Kier alpha value is -1.84. The van der Waals surface area contributed by atoms with E-state index in [0.717, 1.165) is 12.1 Å². The van der Waals surface area contributed by atoms with Crippen LogP contribution in [0.3, 0.4) is 0 Å². The van der Waals surface area contributed by atoms with Crippen LogP contribution in [-0.2, 0) is 9.53 Å². The van der Waals surface area contributed by atoms with Gasteiger partial charge in [0.05, 0.1) is 17.8 Å². The van der Waals surface area contributed by atoms with Crippen molar-refractivity contribution in [2.24, 2.45) is 29.6 Å². The minimum Gasteiger partial charge on any atom is -0.506 e. The lowest BCUT2D eigenvalue weighted by molar-refractivity contribution is -0.144. The molecule has 6 atom stereocenters. The summed E-state index contributed by atoms with van der Waals surface area (Å²) in [5.41, 5.74) is 0.847. The van der Waals surface area contributed by atoms with E-state index < -0.39 is 0 Å². The summed E-state index contributed by atoms with van der Waals surface area (Å²) in [5.74, 6) is 2.25. The van der Waals surface area contributed by atoms with Gasteiger partial charge in [0, 0.05) is 5.92 Å². The molecule has 4 nitrogen and oxygen atoms in total. The maximum atomic E-state index is 12.3. The quantitative estimate of drug-likeness (QED) is 0.839. The Morgan fingerprint density at radius 1 is 1.29 bits per heavy atom. The maximum Gasteiger partial charge on any atom is 0.309 e. The van der Waals surface area contributed by atoms with Crippen molar-refractivity contribution in [3.63, 3.8) is 0 Å². The number of hydrogen-bond acceptors (Lipinski definition) is 4. The highest BCUT2D eigenvalue weighted by molar-refractivity contribution is 5.75. The van der Waals surface area contributed by atoms with Crippen molar-refractivity contribution in [1.29, 1.82) is 0 Å². The topological polar surface area (TPSA) is 59.4 Å². The number of esters is 1. The van der Waals surface area contributed by atoms with Crippen LogP contribution >= 0.6 is 0 Å². The van der Waals surface area contributed by atoms with Gasteiger partial charge in [-0.25, -0.2) is 0 Å². The lowest BCUT2D eigenvalue weighted by Gasteiger charge is -2.45. The van der Waals surface area contributed by atoms with E-state index >= 15 is 0 Å². The second kappa shape index (κ2) is 6.23. The number of fused-ring (bicyclic) bond motifs is 2. The average molecular weight is 327 g/mol. The van der Waals surface area contributed by atoms with E-state index in [4.69, 9.17) is 4.74 Å². The Morgan fingerprint density at radius 3 is 2.92 bits per heavy atom. The standard InChI is InChI=1S/C20H25NO3/c1-12-19-17(9-7-14-6-8-15(22)11-21-14)16-5-3-2-4-13(16)10-18(19)20(23)24-12/h6-9,11-13,16-19,22H,2-5,10H2,1H3/b9-7+/t12-,13+,16-,17+,18-,19+/m0/s1. The summed E-state index contributed by atoms with van der Waals surface area (Å²) in [5, 5.41) is 9.37. The third-order valence-corrected chi connectivity index (χ3v) is 6.33. The zero-order valence-corrected chi connectivity index (χ0v) is 14.1. The van der Waals surface area contributed by atoms with Crippen molar-refractivity contribution in [2.75, 3.05) is 0 Å². The molecule has 128 valence electrons. The van der Waals surface area contributed by atoms with Crippen molar-refractivity contribution in [1.82, 2.24) is 4.98 Å². The Balaban J connectivity index is 1.63. The van der Waals surface area contributed by atoms with E-state index in [1.165, 1.54) is 31.9 Å². The highest BCUT2D eigenvalue weighted by Gasteiger charge is 2.53. The predicted molar refractivity (Wildman–Crippen MR) is 91.0 cm³/mol. The van der Waals surface area contributed by atoms with E-state index in [1.54, 1.807) is 6.07 Å². The van der Waals surface area contributed by atoms with Crippen LogP contribution in [0, 0.1) is 29.6 Å². The second-order valence-electron chi connectivity index (χ2n) is 7.65. The number of carbonyl (C=O) groups excluding carboxylic acids is 1. The van der Waals surface area contributed by atoms with Gasteiger partial charge in [-0.2, -0.15) is 0 Å². The summed E-state index contributed by atoms with van der Waals surface area (Å²) in [4.78, 5) is 16.5.